The van der Waals surface area contributed by atoms with Gasteiger partial charge >= 0.3 is 0 Å². The average Bonchev–Trinajstić information content (AvgIpc) is 3.12. The van der Waals surface area contributed by atoms with Crippen LogP contribution in [0.5, 0.6) is 5.75 Å². The second-order valence-corrected chi connectivity index (χ2v) is 9.27. The Labute approximate surface area is 182 Å². The Morgan fingerprint density at radius 1 is 0.967 bits per heavy atom. The van der Waals surface area contributed by atoms with Gasteiger partial charge in [0.2, 0.25) is 0 Å². The summed E-state index contributed by atoms with van der Waals surface area (Å²) in [5.41, 5.74) is 5.14. The molecule has 1 fully saturated rings. The van der Waals surface area contributed by atoms with E-state index in [2.05, 4.69) is 58.1 Å². The van der Waals surface area contributed by atoms with E-state index in [9.17, 15) is 0 Å². The minimum absolute atomic E-state index is 0.904. The zero-order valence-corrected chi connectivity index (χ0v) is 18.5. The van der Waals surface area contributed by atoms with Crippen LogP contribution in [0.1, 0.15) is 16.0 Å². The van der Waals surface area contributed by atoms with Gasteiger partial charge in [-0.05, 0) is 30.3 Å². The van der Waals surface area contributed by atoms with Crippen LogP contribution in [0.2, 0.25) is 0 Å². The van der Waals surface area contributed by atoms with Gasteiger partial charge in [0.05, 0.1) is 12.8 Å². The quantitative estimate of drug-likeness (QED) is 0.635. The Hall–Kier alpha value is -2.41. The van der Waals surface area contributed by atoms with Gasteiger partial charge in [-0.1, -0.05) is 47.7 Å². The van der Waals surface area contributed by atoms with Crippen molar-refractivity contribution < 1.29 is 4.74 Å². The second-order valence-electron chi connectivity index (χ2n) is 8.21. The van der Waals surface area contributed by atoms with Gasteiger partial charge in [0.1, 0.15) is 5.75 Å². The normalized spacial score (nSPS) is 17.3. The number of fused-ring (bicyclic) bond motifs is 3. The number of ether oxygens (including phenoxy) is 1. The van der Waals surface area contributed by atoms with E-state index in [0.717, 1.165) is 51.6 Å². The maximum atomic E-state index is 5.31. The molecule has 6 heteroatoms. The summed E-state index contributed by atoms with van der Waals surface area (Å²) in [6, 6.07) is 17.2. The van der Waals surface area contributed by atoms with Crippen LogP contribution in [0.25, 0.3) is 11.3 Å². The van der Waals surface area contributed by atoms with E-state index >= 15 is 0 Å². The number of hydrogen-bond donors (Lipinski definition) is 0. The molecule has 0 saturated carbocycles. The minimum Gasteiger partial charge on any atom is -0.497 e. The third-order valence-electron chi connectivity index (χ3n) is 6.06. The molecule has 2 aromatic carbocycles. The number of piperazine rings is 1. The lowest BCUT2D eigenvalue weighted by molar-refractivity contribution is 0.252. The number of benzene rings is 2. The molecule has 0 atom stereocenters. The molecule has 1 saturated heterocycles. The van der Waals surface area contributed by atoms with Crippen molar-refractivity contribution in [1.82, 2.24) is 14.8 Å². The topological polar surface area (TPSA) is 31.8 Å². The van der Waals surface area contributed by atoms with E-state index in [1.807, 2.05) is 23.5 Å². The molecule has 1 aromatic heterocycles. The summed E-state index contributed by atoms with van der Waals surface area (Å²) in [5, 5.41) is 1.18. The predicted molar refractivity (Wildman–Crippen MR) is 123 cm³/mol. The molecule has 2 aliphatic heterocycles. The lowest BCUT2D eigenvalue weighted by Crippen LogP contribution is -2.44. The fraction of sp³-hybridized carbons (Fsp3) is 0.375. The number of methoxy groups -OCH3 is 1. The molecule has 5 rings (SSSR count). The molecule has 0 amide bonds. The number of likely N-dealkylation sites (N-methyl/N-ethyl adjacent to an activating group) is 1. The van der Waals surface area contributed by atoms with Crippen LogP contribution >= 0.6 is 11.3 Å². The highest BCUT2D eigenvalue weighted by Crippen LogP contribution is 2.39. The molecular weight excluding hydrogens is 392 g/mol. The van der Waals surface area contributed by atoms with Crippen LogP contribution in [0.4, 0.5) is 5.13 Å². The van der Waals surface area contributed by atoms with Crippen molar-refractivity contribution in [2.75, 3.05) is 45.2 Å². The van der Waals surface area contributed by atoms with Crippen LogP contribution in [0.15, 0.2) is 48.5 Å². The maximum Gasteiger partial charge on any atom is 0.186 e. The average molecular weight is 421 g/mol. The molecule has 156 valence electrons. The van der Waals surface area contributed by atoms with Crippen LogP contribution in [-0.2, 0) is 19.6 Å². The summed E-state index contributed by atoms with van der Waals surface area (Å²) in [7, 11) is 3.91. The van der Waals surface area contributed by atoms with Gasteiger partial charge in [0, 0.05) is 56.3 Å². The van der Waals surface area contributed by atoms with Crippen molar-refractivity contribution in [3.63, 3.8) is 0 Å². The Bertz CT molecular complexity index is 1010. The van der Waals surface area contributed by atoms with Crippen molar-refractivity contribution >= 4 is 16.5 Å². The van der Waals surface area contributed by atoms with Gasteiger partial charge in [0.25, 0.3) is 0 Å². The Morgan fingerprint density at radius 2 is 1.73 bits per heavy atom. The largest absolute Gasteiger partial charge is 0.497 e. The fourth-order valence-corrected chi connectivity index (χ4v) is 5.45. The van der Waals surface area contributed by atoms with Crippen LogP contribution in [0.3, 0.4) is 0 Å². The van der Waals surface area contributed by atoms with E-state index in [1.54, 1.807) is 7.11 Å². The third kappa shape index (κ3) is 3.95. The smallest absolute Gasteiger partial charge is 0.186 e. The molecule has 3 aromatic rings. The molecule has 0 spiro atoms. The molecule has 5 nitrogen and oxygen atoms in total. The van der Waals surface area contributed by atoms with Crippen LogP contribution in [-0.4, -0.2) is 55.1 Å². The number of thiazole rings is 1. The Morgan fingerprint density at radius 3 is 2.50 bits per heavy atom. The summed E-state index contributed by atoms with van der Waals surface area (Å²) >= 11 is 1.88. The van der Waals surface area contributed by atoms with Gasteiger partial charge in [-0.2, -0.15) is 0 Å². The number of nitrogens with zero attached hydrogens (tertiary/aromatic N) is 4. The van der Waals surface area contributed by atoms with Gasteiger partial charge in [0.15, 0.2) is 5.13 Å². The zero-order valence-electron chi connectivity index (χ0n) is 17.7. The highest BCUT2D eigenvalue weighted by Gasteiger charge is 2.26. The standard InChI is InChI=1S/C24H28N4OS/c1-26-11-13-28(14-12-26)24-25-23-21-6-4-3-5-19(21)16-27(17-22(23)30-24)15-18-7-9-20(29-2)10-8-18/h3-10H,11-17H2,1-2H3. The van der Waals surface area contributed by atoms with Crippen LogP contribution in [0, 0.1) is 0 Å². The van der Waals surface area contributed by atoms with E-state index in [4.69, 9.17) is 9.72 Å². The summed E-state index contributed by atoms with van der Waals surface area (Å²) in [6.07, 6.45) is 0. The maximum absolute atomic E-state index is 5.31. The van der Waals surface area contributed by atoms with Crippen molar-refractivity contribution in [1.29, 1.82) is 0 Å². The van der Waals surface area contributed by atoms with E-state index in [0.29, 0.717) is 0 Å². The molecule has 0 unspecified atom stereocenters. The summed E-state index contributed by atoms with van der Waals surface area (Å²) < 4.78 is 5.31. The molecular formula is C24H28N4OS. The molecule has 0 bridgehead atoms. The molecule has 0 aliphatic carbocycles. The van der Waals surface area contributed by atoms with Crippen molar-refractivity contribution in [3.05, 3.63) is 64.5 Å². The highest BCUT2D eigenvalue weighted by molar-refractivity contribution is 7.16. The summed E-state index contributed by atoms with van der Waals surface area (Å²) in [4.78, 5) is 13.9. The molecule has 0 N–H and O–H groups in total. The van der Waals surface area contributed by atoms with Gasteiger partial charge in [-0.3, -0.25) is 4.90 Å². The van der Waals surface area contributed by atoms with Gasteiger partial charge in [-0.25, -0.2) is 4.98 Å². The number of anilines is 1. The van der Waals surface area contributed by atoms with Gasteiger partial charge < -0.3 is 14.5 Å². The fourth-order valence-electron chi connectivity index (χ4n) is 4.28. The SMILES string of the molecule is COc1ccc(CN2Cc3ccccc3-c3nc(N4CCN(C)CC4)sc3C2)cc1. The first-order valence-electron chi connectivity index (χ1n) is 10.6. The summed E-state index contributed by atoms with van der Waals surface area (Å²) in [6.45, 7) is 7.10. The monoisotopic (exact) mass is 420 g/mol. The van der Waals surface area contributed by atoms with Crippen molar-refractivity contribution in [3.8, 4) is 17.0 Å². The zero-order chi connectivity index (χ0) is 20.5. The lowest BCUT2D eigenvalue weighted by Gasteiger charge is -2.32. The molecule has 3 heterocycles. The lowest BCUT2D eigenvalue weighted by atomic mass is 10.0. The predicted octanol–water partition coefficient (Wildman–Crippen LogP) is 4.09. The summed E-state index contributed by atoms with van der Waals surface area (Å²) in [5.74, 6) is 0.904. The number of rotatable bonds is 4. The van der Waals surface area contributed by atoms with E-state index < -0.39 is 0 Å². The Balaban J connectivity index is 1.44. The van der Waals surface area contributed by atoms with Gasteiger partial charge in [-0.15, -0.1) is 0 Å². The number of hydrogen-bond acceptors (Lipinski definition) is 6. The molecule has 2 aliphatic rings. The van der Waals surface area contributed by atoms with Crippen LogP contribution < -0.4 is 9.64 Å². The molecule has 0 radical (unpaired) electrons. The first-order valence-corrected chi connectivity index (χ1v) is 11.4. The highest BCUT2D eigenvalue weighted by atomic mass is 32.1. The van der Waals surface area contributed by atoms with E-state index in [-0.39, 0.29) is 0 Å². The minimum atomic E-state index is 0.904. The number of aromatic nitrogens is 1. The van der Waals surface area contributed by atoms with E-state index in [1.165, 1.54) is 32.4 Å². The van der Waals surface area contributed by atoms with Crippen molar-refractivity contribution in [2.45, 2.75) is 19.6 Å². The van der Waals surface area contributed by atoms with Crippen molar-refractivity contribution in [2.24, 2.45) is 0 Å². The first-order chi connectivity index (χ1) is 14.7. The first kappa shape index (κ1) is 19.5. The second kappa shape index (κ2) is 8.38. The molecule has 30 heavy (non-hydrogen) atoms. The Kier molecular flexibility index (Phi) is 5.46. The third-order valence-corrected chi connectivity index (χ3v) is 7.16.